The fourth-order valence-corrected chi connectivity index (χ4v) is 4.88. The summed E-state index contributed by atoms with van der Waals surface area (Å²) in [6, 6.07) is 20.5. The molecule has 0 spiro atoms. The Labute approximate surface area is 206 Å². The number of rotatable bonds is 7. The Hall–Kier alpha value is -3.98. The van der Waals surface area contributed by atoms with Gasteiger partial charge >= 0.3 is 0 Å². The summed E-state index contributed by atoms with van der Waals surface area (Å²) < 4.78 is 13.1. The van der Waals surface area contributed by atoms with Crippen LogP contribution in [0.1, 0.15) is 18.3 Å². The van der Waals surface area contributed by atoms with Crippen molar-refractivity contribution < 1.29 is 19.1 Å². The van der Waals surface area contributed by atoms with E-state index in [4.69, 9.17) is 15.2 Å². The molecule has 1 aliphatic heterocycles. The van der Waals surface area contributed by atoms with Gasteiger partial charge in [0, 0.05) is 18.8 Å². The molecule has 1 atom stereocenters. The number of carbonyl (C=O) groups excluding carboxylic acids is 2. The number of imidazole rings is 1. The molecule has 5 rings (SSSR count). The summed E-state index contributed by atoms with van der Waals surface area (Å²) in [5.41, 5.74) is 9.16. The number of anilines is 1. The van der Waals surface area contributed by atoms with Gasteiger partial charge < -0.3 is 19.8 Å². The first kappa shape index (κ1) is 22.8. The fraction of sp³-hybridized carbons (Fsp3) is 0.192. The van der Waals surface area contributed by atoms with Gasteiger partial charge in [-0.15, -0.1) is 0 Å². The number of aryl methyl sites for hydroxylation is 1. The van der Waals surface area contributed by atoms with Crippen LogP contribution >= 0.6 is 11.8 Å². The van der Waals surface area contributed by atoms with Crippen LogP contribution in [0.4, 0.5) is 10.5 Å². The van der Waals surface area contributed by atoms with Crippen molar-refractivity contribution in [3.63, 3.8) is 0 Å². The number of imide groups is 1. The smallest absolute Gasteiger partial charge is 0.286 e. The number of carbonyl (C=O) groups is 2. The summed E-state index contributed by atoms with van der Waals surface area (Å²) >= 11 is 1.03. The second-order valence-electron chi connectivity index (χ2n) is 8.59. The minimum Gasteiger partial charge on any atom is -0.486 e. The third kappa shape index (κ3) is 4.81. The van der Waals surface area contributed by atoms with Crippen molar-refractivity contribution in [3.8, 4) is 17.2 Å². The molecule has 178 valence electrons. The maximum Gasteiger partial charge on any atom is 0.286 e. The van der Waals surface area contributed by atoms with Crippen molar-refractivity contribution >= 4 is 39.6 Å². The Morgan fingerprint density at radius 2 is 1.69 bits per heavy atom. The van der Waals surface area contributed by atoms with Crippen LogP contribution in [-0.4, -0.2) is 25.4 Å². The van der Waals surface area contributed by atoms with E-state index >= 15 is 0 Å². The van der Waals surface area contributed by atoms with Crippen molar-refractivity contribution in [2.24, 2.45) is 7.05 Å². The number of nitrogens with two attached hydrogens (primary N) is 1. The molecule has 0 radical (unpaired) electrons. The molecule has 0 unspecified atom stereocenters. The number of hydrogen-bond acceptors (Lipinski definition) is 7. The van der Waals surface area contributed by atoms with Gasteiger partial charge in [0.15, 0.2) is 0 Å². The molecular formula is C26H24N4O4S. The molecule has 2 amide bonds. The third-order valence-corrected chi connectivity index (χ3v) is 6.98. The monoisotopic (exact) mass is 488 g/mol. The number of amides is 2. The van der Waals surface area contributed by atoms with Crippen molar-refractivity contribution in [3.05, 3.63) is 78.1 Å². The first-order valence-corrected chi connectivity index (χ1v) is 11.9. The average Bonchev–Trinajstić information content (AvgIpc) is 3.28. The molecule has 0 bridgehead atoms. The molecule has 1 aliphatic rings. The Balaban J connectivity index is 1.25. The van der Waals surface area contributed by atoms with E-state index in [0.29, 0.717) is 36.0 Å². The number of hydrogen-bond donors (Lipinski definition) is 2. The lowest BCUT2D eigenvalue weighted by molar-refractivity contribution is -0.121. The molecule has 8 nitrogen and oxygen atoms in total. The lowest BCUT2D eigenvalue weighted by atomic mass is 9.99. The van der Waals surface area contributed by atoms with E-state index in [1.807, 2.05) is 66.2 Å². The number of fused-ring (bicyclic) bond motifs is 1. The third-order valence-electron chi connectivity index (χ3n) is 5.91. The van der Waals surface area contributed by atoms with E-state index in [9.17, 15) is 9.59 Å². The zero-order chi connectivity index (χ0) is 24.6. The average molecular weight is 489 g/mol. The summed E-state index contributed by atoms with van der Waals surface area (Å²) in [5.74, 6) is 2.63. The Bertz CT molecular complexity index is 1420. The Morgan fingerprint density at radius 1 is 1.00 bits per heavy atom. The van der Waals surface area contributed by atoms with Crippen molar-refractivity contribution in [1.29, 1.82) is 0 Å². The van der Waals surface area contributed by atoms with Gasteiger partial charge in [-0.3, -0.25) is 14.9 Å². The highest BCUT2D eigenvalue weighted by molar-refractivity contribution is 8.16. The molecular weight excluding hydrogens is 464 g/mol. The van der Waals surface area contributed by atoms with Crippen molar-refractivity contribution in [1.82, 2.24) is 14.9 Å². The molecule has 1 saturated heterocycles. The van der Waals surface area contributed by atoms with Crippen LogP contribution in [0.25, 0.3) is 11.0 Å². The van der Waals surface area contributed by atoms with Gasteiger partial charge in [-0.2, -0.15) is 0 Å². The van der Waals surface area contributed by atoms with E-state index in [-0.39, 0.29) is 11.1 Å². The van der Waals surface area contributed by atoms with Crippen molar-refractivity contribution in [2.45, 2.75) is 24.7 Å². The molecule has 1 aromatic heterocycles. The van der Waals surface area contributed by atoms with Crippen LogP contribution < -0.4 is 20.5 Å². The number of aromatic nitrogens is 2. The highest BCUT2D eigenvalue weighted by Gasteiger charge is 2.43. The first-order valence-electron chi connectivity index (χ1n) is 11.0. The summed E-state index contributed by atoms with van der Waals surface area (Å²) in [6.45, 7) is 2.07. The number of ether oxygens (including phenoxy) is 2. The van der Waals surface area contributed by atoms with Gasteiger partial charge in [0.2, 0.25) is 5.91 Å². The summed E-state index contributed by atoms with van der Waals surface area (Å²) in [6.07, 6.45) is 0.459. The molecule has 4 aromatic rings. The number of thioether (sulfide) groups is 1. The molecule has 9 heteroatoms. The fourth-order valence-electron chi connectivity index (χ4n) is 3.94. The van der Waals surface area contributed by atoms with Crippen LogP contribution in [0.3, 0.4) is 0 Å². The van der Waals surface area contributed by atoms with E-state index in [1.54, 1.807) is 19.1 Å². The minimum atomic E-state index is -0.789. The Kier molecular flexibility index (Phi) is 5.86. The zero-order valence-electron chi connectivity index (χ0n) is 19.3. The number of nitrogens with zero attached hydrogens (tertiary/aromatic N) is 2. The van der Waals surface area contributed by atoms with E-state index in [0.717, 1.165) is 34.2 Å². The van der Waals surface area contributed by atoms with E-state index in [2.05, 4.69) is 10.3 Å². The quantitative estimate of drug-likeness (QED) is 0.359. The largest absolute Gasteiger partial charge is 0.486 e. The number of nitrogens with one attached hydrogen (secondary N) is 1. The van der Waals surface area contributed by atoms with Gasteiger partial charge in [-0.05, 0) is 79.2 Å². The lowest BCUT2D eigenvalue weighted by Crippen LogP contribution is -2.35. The van der Waals surface area contributed by atoms with Crippen LogP contribution in [0, 0.1) is 0 Å². The second-order valence-corrected chi connectivity index (χ2v) is 10.1. The van der Waals surface area contributed by atoms with Gasteiger partial charge in [-0.1, -0.05) is 12.1 Å². The maximum atomic E-state index is 12.1. The second kappa shape index (κ2) is 8.99. The standard InChI is InChI=1S/C26H24N4O4S/c1-26(24(31)29-25(32)35-26)14-16-3-7-18(8-4-16)33-15-23-28-21-12-11-20(13-22(21)30(23)2)34-19-9-5-17(27)6-10-19/h3-13H,14-15,27H2,1-2H3,(H,29,31,32)/t26-/m0/s1. The highest BCUT2D eigenvalue weighted by atomic mass is 32.2. The predicted octanol–water partition coefficient (Wildman–Crippen LogP) is 4.81. The van der Waals surface area contributed by atoms with Crippen LogP contribution in [0.5, 0.6) is 17.2 Å². The highest BCUT2D eigenvalue weighted by Crippen LogP contribution is 2.35. The van der Waals surface area contributed by atoms with Gasteiger partial charge in [-0.25, -0.2) is 4.98 Å². The minimum absolute atomic E-state index is 0.253. The van der Waals surface area contributed by atoms with E-state index < -0.39 is 4.75 Å². The van der Waals surface area contributed by atoms with E-state index in [1.165, 1.54) is 0 Å². The molecule has 0 aliphatic carbocycles. The maximum absolute atomic E-state index is 12.1. The first-order chi connectivity index (χ1) is 16.8. The molecule has 3 N–H and O–H groups in total. The molecule has 2 heterocycles. The zero-order valence-corrected chi connectivity index (χ0v) is 20.1. The van der Waals surface area contributed by atoms with Crippen LogP contribution in [0.15, 0.2) is 66.7 Å². The van der Waals surface area contributed by atoms with Gasteiger partial charge in [0.25, 0.3) is 5.24 Å². The molecule has 1 fully saturated rings. The predicted molar refractivity (Wildman–Crippen MR) is 136 cm³/mol. The summed E-state index contributed by atoms with van der Waals surface area (Å²) in [7, 11) is 1.94. The van der Waals surface area contributed by atoms with Crippen LogP contribution in [0.2, 0.25) is 0 Å². The van der Waals surface area contributed by atoms with Crippen molar-refractivity contribution in [2.75, 3.05) is 5.73 Å². The number of nitrogen functional groups attached to an aromatic ring is 1. The normalized spacial score (nSPS) is 17.5. The van der Waals surface area contributed by atoms with Gasteiger partial charge in [0.05, 0.1) is 11.0 Å². The van der Waals surface area contributed by atoms with Crippen LogP contribution in [-0.2, 0) is 24.9 Å². The molecule has 0 saturated carbocycles. The SMILES string of the molecule is Cn1c(COc2ccc(C[C@]3(C)SC(=O)NC3=O)cc2)nc2ccc(Oc3ccc(N)cc3)cc21. The molecule has 3 aromatic carbocycles. The Morgan fingerprint density at radius 3 is 2.37 bits per heavy atom. The summed E-state index contributed by atoms with van der Waals surface area (Å²) in [5, 5.41) is 2.05. The molecule has 35 heavy (non-hydrogen) atoms. The lowest BCUT2D eigenvalue weighted by Gasteiger charge is -2.18. The van der Waals surface area contributed by atoms with Gasteiger partial charge in [0.1, 0.15) is 34.4 Å². The summed E-state index contributed by atoms with van der Waals surface area (Å²) in [4.78, 5) is 28.3. The number of benzene rings is 3. The topological polar surface area (TPSA) is 108 Å².